The number of hydrogen-bond donors (Lipinski definition) is 2. The monoisotopic (exact) mass is 361 g/mol. The lowest BCUT2D eigenvalue weighted by Crippen LogP contribution is -2.46. The van der Waals surface area contributed by atoms with Gasteiger partial charge in [-0.2, -0.15) is 0 Å². The standard InChI is InChI=1S/C18H23N3O5/c1-11(15(23)20-18(2,3)4)26-16(24)13-8-6-5-7-12(13)10-21-14(22)9-19-17(21)25/h5-8,11H,9-10H2,1-4H3,(H,19,25)(H,20,23). The number of ether oxygens (including phenoxy) is 1. The number of urea groups is 1. The third-order valence-corrected chi connectivity index (χ3v) is 3.65. The fourth-order valence-electron chi connectivity index (χ4n) is 2.39. The van der Waals surface area contributed by atoms with Crippen molar-refractivity contribution >= 4 is 23.8 Å². The molecule has 0 aliphatic carbocycles. The van der Waals surface area contributed by atoms with Crippen molar-refractivity contribution in [3.8, 4) is 0 Å². The Labute approximate surface area is 151 Å². The average Bonchev–Trinajstić information content (AvgIpc) is 2.85. The van der Waals surface area contributed by atoms with Gasteiger partial charge in [0.2, 0.25) is 5.91 Å². The molecule has 0 bridgehead atoms. The van der Waals surface area contributed by atoms with Gasteiger partial charge in [-0.1, -0.05) is 18.2 Å². The fourth-order valence-corrected chi connectivity index (χ4v) is 2.39. The summed E-state index contributed by atoms with van der Waals surface area (Å²) in [7, 11) is 0. The molecule has 140 valence electrons. The predicted octanol–water partition coefficient (Wildman–Crippen LogP) is 1.20. The summed E-state index contributed by atoms with van der Waals surface area (Å²) in [6.45, 7) is 6.86. The molecular formula is C18H23N3O5. The first kappa shape index (κ1) is 19.4. The lowest BCUT2D eigenvalue weighted by atomic mass is 10.1. The van der Waals surface area contributed by atoms with E-state index in [1.165, 1.54) is 13.0 Å². The molecule has 1 atom stereocenters. The van der Waals surface area contributed by atoms with Gasteiger partial charge >= 0.3 is 12.0 Å². The van der Waals surface area contributed by atoms with Gasteiger partial charge in [0.1, 0.15) is 0 Å². The van der Waals surface area contributed by atoms with Gasteiger partial charge in [0.25, 0.3) is 5.91 Å². The minimum atomic E-state index is -0.980. The molecule has 0 saturated carbocycles. The van der Waals surface area contributed by atoms with Crippen molar-refractivity contribution in [3.63, 3.8) is 0 Å². The Bertz CT molecular complexity index is 723. The summed E-state index contributed by atoms with van der Waals surface area (Å²) in [5, 5.41) is 5.16. The van der Waals surface area contributed by atoms with Crippen LogP contribution in [0.3, 0.4) is 0 Å². The van der Waals surface area contributed by atoms with E-state index < -0.39 is 29.6 Å². The Hall–Kier alpha value is -2.90. The third-order valence-electron chi connectivity index (χ3n) is 3.65. The van der Waals surface area contributed by atoms with Gasteiger partial charge in [0.15, 0.2) is 6.10 Å². The molecule has 1 aliphatic heterocycles. The molecule has 2 rings (SSSR count). The Morgan fingerprint density at radius 3 is 2.50 bits per heavy atom. The van der Waals surface area contributed by atoms with Crippen molar-refractivity contribution in [2.45, 2.75) is 45.9 Å². The lowest BCUT2D eigenvalue weighted by molar-refractivity contribution is -0.130. The van der Waals surface area contributed by atoms with E-state index in [-0.39, 0.29) is 24.6 Å². The van der Waals surface area contributed by atoms with E-state index in [2.05, 4.69) is 10.6 Å². The van der Waals surface area contributed by atoms with E-state index in [0.717, 1.165) is 4.90 Å². The normalized spacial score (nSPS) is 15.5. The molecular weight excluding hydrogens is 338 g/mol. The number of hydrogen-bond acceptors (Lipinski definition) is 5. The first-order chi connectivity index (χ1) is 12.1. The maximum atomic E-state index is 12.5. The van der Waals surface area contributed by atoms with E-state index in [1.54, 1.807) is 18.2 Å². The van der Waals surface area contributed by atoms with Crippen LogP contribution in [0.25, 0.3) is 0 Å². The van der Waals surface area contributed by atoms with Gasteiger partial charge in [-0.3, -0.25) is 14.5 Å². The number of rotatable bonds is 5. The van der Waals surface area contributed by atoms with Crippen molar-refractivity contribution in [2.24, 2.45) is 0 Å². The molecule has 0 spiro atoms. The van der Waals surface area contributed by atoms with E-state index in [4.69, 9.17) is 4.74 Å². The summed E-state index contributed by atoms with van der Waals surface area (Å²) >= 11 is 0. The average molecular weight is 361 g/mol. The molecule has 8 heteroatoms. The van der Waals surface area contributed by atoms with Crippen molar-refractivity contribution < 1.29 is 23.9 Å². The van der Waals surface area contributed by atoms with E-state index >= 15 is 0 Å². The van der Waals surface area contributed by atoms with Crippen molar-refractivity contribution in [1.82, 2.24) is 15.5 Å². The highest BCUT2D eigenvalue weighted by Crippen LogP contribution is 2.16. The van der Waals surface area contributed by atoms with Gasteiger partial charge in [-0.25, -0.2) is 9.59 Å². The van der Waals surface area contributed by atoms with E-state index in [1.807, 2.05) is 20.8 Å². The highest BCUT2D eigenvalue weighted by atomic mass is 16.5. The summed E-state index contributed by atoms with van der Waals surface area (Å²) in [6.07, 6.45) is -0.980. The zero-order valence-corrected chi connectivity index (χ0v) is 15.3. The van der Waals surface area contributed by atoms with Crippen LogP contribution >= 0.6 is 0 Å². The maximum Gasteiger partial charge on any atom is 0.339 e. The van der Waals surface area contributed by atoms with Gasteiger partial charge in [0, 0.05) is 5.54 Å². The second kappa shape index (κ2) is 7.55. The van der Waals surface area contributed by atoms with Crippen LogP contribution in [0.1, 0.15) is 43.6 Å². The van der Waals surface area contributed by atoms with Crippen LogP contribution in [0, 0.1) is 0 Å². The van der Waals surface area contributed by atoms with E-state index in [9.17, 15) is 19.2 Å². The number of carbonyl (C=O) groups excluding carboxylic acids is 4. The Morgan fingerprint density at radius 2 is 1.92 bits per heavy atom. The molecule has 8 nitrogen and oxygen atoms in total. The van der Waals surface area contributed by atoms with Crippen LogP contribution in [-0.4, -0.2) is 46.9 Å². The molecule has 4 amide bonds. The largest absolute Gasteiger partial charge is 0.449 e. The molecule has 1 aliphatic rings. The van der Waals surface area contributed by atoms with Crippen LogP contribution in [-0.2, 0) is 20.9 Å². The van der Waals surface area contributed by atoms with Crippen LogP contribution in [0.4, 0.5) is 4.79 Å². The highest BCUT2D eigenvalue weighted by molar-refractivity contribution is 6.02. The van der Waals surface area contributed by atoms with Crippen molar-refractivity contribution in [1.29, 1.82) is 0 Å². The summed E-state index contributed by atoms with van der Waals surface area (Å²) in [6, 6.07) is 6.00. The third kappa shape index (κ3) is 4.81. The summed E-state index contributed by atoms with van der Waals surface area (Å²) in [5.41, 5.74) is 0.223. The Kier molecular flexibility index (Phi) is 5.64. The van der Waals surface area contributed by atoms with Crippen LogP contribution in [0.5, 0.6) is 0 Å². The first-order valence-electron chi connectivity index (χ1n) is 8.27. The van der Waals surface area contributed by atoms with Crippen LogP contribution in [0.2, 0.25) is 0 Å². The summed E-state index contributed by atoms with van der Waals surface area (Å²) in [5.74, 6) is -1.46. The highest BCUT2D eigenvalue weighted by Gasteiger charge is 2.30. The second-order valence-corrected chi connectivity index (χ2v) is 7.08. The molecule has 1 aromatic rings. The van der Waals surface area contributed by atoms with Gasteiger partial charge < -0.3 is 15.4 Å². The van der Waals surface area contributed by atoms with Gasteiger partial charge in [-0.15, -0.1) is 0 Å². The number of carbonyl (C=O) groups is 4. The minimum absolute atomic E-state index is 0.0431. The first-order valence-corrected chi connectivity index (χ1v) is 8.27. The second-order valence-electron chi connectivity index (χ2n) is 7.08. The quantitative estimate of drug-likeness (QED) is 0.606. The van der Waals surface area contributed by atoms with Crippen molar-refractivity contribution in [2.75, 3.05) is 6.54 Å². The molecule has 0 radical (unpaired) electrons. The van der Waals surface area contributed by atoms with Crippen LogP contribution in [0.15, 0.2) is 24.3 Å². The number of amides is 4. The SMILES string of the molecule is CC(OC(=O)c1ccccc1CN1C(=O)CNC1=O)C(=O)NC(C)(C)C. The number of nitrogens with zero attached hydrogens (tertiary/aromatic N) is 1. The van der Waals surface area contributed by atoms with E-state index in [0.29, 0.717) is 5.56 Å². The maximum absolute atomic E-state index is 12.5. The Balaban J connectivity index is 2.11. The molecule has 1 saturated heterocycles. The molecule has 0 aromatic heterocycles. The molecule has 26 heavy (non-hydrogen) atoms. The molecule has 1 heterocycles. The number of imide groups is 1. The smallest absolute Gasteiger partial charge is 0.339 e. The molecule has 1 aromatic carbocycles. The van der Waals surface area contributed by atoms with Gasteiger partial charge in [-0.05, 0) is 39.3 Å². The topological polar surface area (TPSA) is 105 Å². The molecule has 2 N–H and O–H groups in total. The molecule has 1 unspecified atom stereocenters. The fraction of sp³-hybridized carbons (Fsp3) is 0.444. The molecule has 1 fully saturated rings. The Morgan fingerprint density at radius 1 is 1.27 bits per heavy atom. The summed E-state index contributed by atoms with van der Waals surface area (Å²) < 4.78 is 5.25. The number of esters is 1. The predicted molar refractivity (Wildman–Crippen MR) is 93.2 cm³/mol. The van der Waals surface area contributed by atoms with Crippen LogP contribution < -0.4 is 10.6 Å². The van der Waals surface area contributed by atoms with Gasteiger partial charge in [0.05, 0.1) is 18.7 Å². The summed E-state index contributed by atoms with van der Waals surface area (Å²) in [4.78, 5) is 49.0. The zero-order chi connectivity index (χ0) is 19.5. The minimum Gasteiger partial charge on any atom is -0.449 e. The number of nitrogens with one attached hydrogen (secondary N) is 2. The lowest BCUT2D eigenvalue weighted by Gasteiger charge is -2.23. The van der Waals surface area contributed by atoms with Crippen molar-refractivity contribution in [3.05, 3.63) is 35.4 Å². The zero-order valence-electron chi connectivity index (χ0n) is 15.3. The number of benzene rings is 1.